The van der Waals surface area contributed by atoms with E-state index in [1.807, 2.05) is 13.8 Å². The predicted molar refractivity (Wildman–Crippen MR) is 80.2 cm³/mol. The highest BCUT2D eigenvalue weighted by molar-refractivity contribution is 9.10. The third-order valence-corrected chi connectivity index (χ3v) is 3.18. The molecule has 2 amide bonds. The molecule has 0 saturated heterocycles. The van der Waals surface area contributed by atoms with E-state index in [2.05, 4.69) is 31.7 Å². The van der Waals surface area contributed by atoms with E-state index in [-0.39, 0.29) is 24.3 Å². The van der Waals surface area contributed by atoms with Crippen LogP contribution in [0.25, 0.3) is 0 Å². The number of halogens is 1. The number of nitrogens with zero attached hydrogens (tertiary/aromatic N) is 2. The number of hydrogen-bond acceptors (Lipinski definition) is 3. The minimum atomic E-state index is -0.805. The van der Waals surface area contributed by atoms with Crippen molar-refractivity contribution in [3.8, 4) is 0 Å². The van der Waals surface area contributed by atoms with E-state index in [9.17, 15) is 9.59 Å². The summed E-state index contributed by atoms with van der Waals surface area (Å²) in [6, 6.07) is 0.107. The van der Waals surface area contributed by atoms with Crippen LogP contribution in [0.4, 0.5) is 0 Å². The van der Waals surface area contributed by atoms with Gasteiger partial charge in [0.25, 0.3) is 0 Å². The van der Waals surface area contributed by atoms with Crippen molar-refractivity contribution in [2.45, 2.75) is 45.7 Å². The summed E-state index contributed by atoms with van der Waals surface area (Å²) in [4.78, 5) is 23.6. The van der Waals surface area contributed by atoms with Crippen molar-refractivity contribution in [1.82, 2.24) is 20.4 Å². The number of carbonyl (C=O) groups excluding carboxylic acids is 2. The lowest BCUT2D eigenvalue weighted by atomic mass is 10.1. The van der Waals surface area contributed by atoms with E-state index in [0.717, 1.165) is 4.47 Å². The van der Waals surface area contributed by atoms with Gasteiger partial charge in [0.1, 0.15) is 5.54 Å². The summed E-state index contributed by atoms with van der Waals surface area (Å²) in [6.45, 7) is 7.65. The Morgan fingerprint density at radius 2 is 2.10 bits per heavy atom. The third kappa shape index (κ3) is 4.63. The molecule has 0 atom stereocenters. The molecule has 1 aromatic rings. The molecule has 0 aliphatic rings. The summed E-state index contributed by atoms with van der Waals surface area (Å²) in [5.41, 5.74) is -0.805. The molecule has 7 heteroatoms. The van der Waals surface area contributed by atoms with Gasteiger partial charge in [0.05, 0.1) is 10.7 Å². The molecule has 0 fully saturated rings. The molecule has 0 aliphatic heterocycles. The van der Waals surface area contributed by atoms with Gasteiger partial charge in [0.2, 0.25) is 11.8 Å². The highest BCUT2D eigenvalue weighted by Crippen LogP contribution is 2.17. The first kappa shape index (κ1) is 16.7. The molecule has 1 aromatic heterocycles. The maximum atomic E-state index is 12.2. The second-order valence-corrected chi connectivity index (χ2v) is 6.31. The van der Waals surface area contributed by atoms with Crippen LogP contribution in [0, 0.1) is 0 Å². The van der Waals surface area contributed by atoms with Crippen LogP contribution >= 0.6 is 15.9 Å². The molecule has 6 nitrogen and oxygen atoms in total. The topological polar surface area (TPSA) is 76.0 Å². The van der Waals surface area contributed by atoms with Crippen molar-refractivity contribution in [1.29, 1.82) is 0 Å². The van der Waals surface area contributed by atoms with E-state index in [4.69, 9.17) is 0 Å². The number of hydrogen-bond donors (Lipinski definition) is 2. The van der Waals surface area contributed by atoms with Crippen LogP contribution in [0.1, 0.15) is 34.1 Å². The molecule has 0 aliphatic carbocycles. The monoisotopic (exact) mass is 344 g/mol. The fourth-order valence-corrected chi connectivity index (χ4v) is 1.90. The summed E-state index contributed by atoms with van der Waals surface area (Å²) in [6.07, 6.45) is 3.64. The van der Waals surface area contributed by atoms with Crippen LogP contribution in [0.15, 0.2) is 16.9 Å². The zero-order chi connectivity index (χ0) is 15.3. The maximum absolute atomic E-state index is 12.2. The van der Waals surface area contributed by atoms with Gasteiger partial charge in [0, 0.05) is 25.2 Å². The van der Waals surface area contributed by atoms with Crippen molar-refractivity contribution >= 4 is 27.7 Å². The van der Waals surface area contributed by atoms with Crippen molar-refractivity contribution < 1.29 is 9.59 Å². The molecule has 0 radical (unpaired) electrons. The molecule has 0 saturated carbocycles. The van der Waals surface area contributed by atoms with E-state index in [1.54, 1.807) is 30.9 Å². The molecule has 1 heterocycles. The summed E-state index contributed by atoms with van der Waals surface area (Å²) in [5.74, 6) is -0.245. The Bertz CT molecular complexity index is 482. The quantitative estimate of drug-likeness (QED) is 0.819. The van der Waals surface area contributed by atoms with E-state index < -0.39 is 5.54 Å². The van der Waals surface area contributed by atoms with Gasteiger partial charge in [-0.1, -0.05) is 0 Å². The van der Waals surface area contributed by atoms with Crippen LogP contribution in [-0.2, 0) is 15.1 Å². The lowest BCUT2D eigenvalue weighted by molar-refractivity contribution is -0.129. The summed E-state index contributed by atoms with van der Waals surface area (Å²) < 4.78 is 2.40. The lowest BCUT2D eigenvalue weighted by Crippen LogP contribution is -2.45. The second-order valence-electron chi connectivity index (χ2n) is 5.39. The first-order valence-corrected chi connectivity index (χ1v) is 7.31. The first-order chi connectivity index (χ1) is 9.23. The van der Waals surface area contributed by atoms with Crippen molar-refractivity contribution in [2.75, 3.05) is 6.54 Å². The van der Waals surface area contributed by atoms with Crippen LogP contribution in [0.3, 0.4) is 0 Å². The fourth-order valence-electron chi connectivity index (χ4n) is 1.61. The Morgan fingerprint density at radius 3 is 2.60 bits per heavy atom. The zero-order valence-corrected chi connectivity index (χ0v) is 13.8. The number of aromatic nitrogens is 2. The van der Waals surface area contributed by atoms with Gasteiger partial charge in [-0.3, -0.25) is 14.3 Å². The Hall–Kier alpha value is -1.37. The summed E-state index contributed by atoms with van der Waals surface area (Å²) in [7, 11) is 0. The third-order valence-electron chi connectivity index (χ3n) is 2.77. The van der Waals surface area contributed by atoms with Gasteiger partial charge in [-0.25, -0.2) is 0 Å². The van der Waals surface area contributed by atoms with Gasteiger partial charge in [-0.05, 0) is 43.6 Å². The van der Waals surface area contributed by atoms with Crippen LogP contribution in [0.2, 0.25) is 0 Å². The number of nitrogens with one attached hydrogen (secondary N) is 2. The molecule has 0 bridgehead atoms. The van der Waals surface area contributed by atoms with Crippen LogP contribution in [-0.4, -0.2) is 34.2 Å². The van der Waals surface area contributed by atoms with Crippen molar-refractivity contribution in [2.24, 2.45) is 0 Å². The van der Waals surface area contributed by atoms with E-state index in [1.165, 1.54) is 0 Å². The van der Waals surface area contributed by atoms with Gasteiger partial charge in [0.15, 0.2) is 0 Å². The average molecular weight is 345 g/mol. The smallest absolute Gasteiger partial charge is 0.247 e. The van der Waals surface area contributed by atoms with Gasteiger partial charge < -0.3 is 10.6 Å². The molecule has 112 valence electrons. The summed E-state index contributed by atoms with van der Waals surface area (Å²) >= 11 is 3.30. The normalized spacial score (nSPS) is 11.5. The highest BCUT2D eigenvalue weighted by atomic mass is 79.9. The Balaban J connectivity index is 2.48. The first-order valence-electron chi connectivity index (χ1n) is 6.52. The molecule has 20 heavy (non-hydrogen) atoms. The second kappa shape index (κ2) is 6.88. The summed E-state index contributed by atoms with van der Waals surface area (Å²) in [5, 5.41) is 9.66. The van der Waals surface area contributed by atoms with Crippen molar-refractivity contribution in [3.63, 3.8) is 0 Å². The minimum absolute atomic E-state index is 0.0695. The zero-order valence-electron chi connectivity index (χ0n) is 12.2. The van der Waals surface area contributed by atoms with Gasteiger partial charge in [-0.15, -0.1) is 0 Å². The predicted octanol–water partition coefficient (Wildman–Crippen LogP) is 1.41. The minimum Gasteiger partial charge on any atom is -0.354 e. The number of carbonyl (C=O) groups is 2. The van der Waals surface area contributed by atoms with E-state index >= 15 is 0 Å². The Kier molecular flexibility index (Phi) is 5.74. The average Bonchev–Trinajstić information content (AvgIpc) is 2.75. The molecule has 0 aromatic carbocycles. The highest BCUT2D eigenvalue weighted by Gasteiger charge is 2.30. The van der Waals surface area contributed by atoms with Gasteiger partial charge in [-0.2, -0.15) is 5.10 Å². The maximum Gasteiger partial charge on any atom is 0.247 e. The standard InChI is InChI=1S/C13H21BrN4O2/c1-9(2)17-11(19)5-6-15-12(20)13(3,4)18-8-10(14)7-16-18/h7-9H,5-6H2,1-4H3,(H,15,20)(H,17,19). The Labute approximate surface area is 127 Å². The SMILES string of the molecule is CC(C)NC(=O)CCNC(=O)C(C)(C)n1cc(Br)cn1. The number of rotatable bonds is 6. The molecule has 0 unspecified atom stereocenters. The largest absolute Gasteiger partial charge is 0.354 e. The molecule has 2 N–H and O–H groups in total. The van der Waals surface area contributed by atoms with Crippen molar-refractivity contribution in [3.05, 3.63) is 16.9 Å². The Morgan fingerprint density at radius 1 is 1.45 bits per heavy atom. The molecule has 1 rings (SSSR count). The fraction of sp³-hybridized carbons (Fsp3) is 0.615. The molecular formula is C13H21BrN4O2. The lowest BCUT2D eigenvalue weighted by Gasteiger charge is -2.24. The van der Waals surface area contributed by atoms with Crippen LogP contribution in [0.5, 0.6) is 0 Å². The molecular weight excluding hydrogens is 324 g/mol. The van der Waals surface area contributed by atoms with Gasteiger partial charge >= 0.3 is 0 Å². The van der Waals surface area contributed by atoms with E-state index in [0.29, 0.717) is 6.54 Å². The van der Waals surface area contributed by atoms with Crippen LogP contribution < -0.4 is 10.6 Å². The number of amides is 2. The molecule has 0 spiro atoms.